The van der Waals surface area contributed by atoms with Crippen LogP contribution in [0.4, 0.5) is 10.1 Å². The first-order chi connectivity index (χ1) is 17.5. The van der Waals surface area contributed by atoms with E-state index < -0.39 is 11.7 Å². The van der Waals surface area contributed by atoms with Gasteiger partial charge in [-0.05, 0) is 42.8 Å². The van der Waals surface area contributed by atoms with Gasteiger partial charge in [0.2, 0.25) is 11.8 Å². The molecule has 2 heterocycles. The molecule has 1 aliphatic heterocycles. The summed E-state index contributed by atoms with van der Waals surface area (Å²) in [6.07, 6.45) is -0.0224. The second-order valence-electron chi connectivity index (χ2n) is 8.51. The number of aromatic nitrogens is 1. The molecule has 2 amide bonds. The van der Waals surface area contributed by atoms with Crippen molar-refractivity contribution in [2.75, 3.05) is 11.1 Å². The number of para-hydroxylation sites is 1. The van der Waals surface area contributed by atoms with Crippen LogP contribution in [0.5, 0.6) is 0 Å². The topological polar surface area (TPSA) is 86.9 Å². The van der Waals surface area contributed by atoms with Crippen molar-refractivity contribution in [1.82, 2.24) is 9.88 Å². The molecule has 0 saturated heterocycles. The molecule has 4 aromatic rings. The van der Waals surface area contributed by atoms with Crippen molar-refractivity contribution < 1.29 is 14.0 Å². The van der Waals surface area contributed by atoms with Gasteiger partial charge in [0.25, 0.3) is 0 Å². The van der Waals surface area contributed by atoms with Crippen LogP contribution in [0.15, 0.2) is 77.3 Å². The highest BCUT2D eigenvalue weighted by Crippen LogP contribution is 2.37. The third-order valence-electron chi connectivity index (χ3n) is 6.36. The number of allylic oxidation sites excluding steroid dienone is 1. The lowest BCUT2D eigenvalue weighted by atomic mass is 9.87. The van der Waals surface area contributed by atoms with Crippen LogP contribution in [0, 0.1) is 17.1 Å². The molecular weight excluding hydrogens is 475 g/mol. The van der Waals surface area contributed by atoms with Crippen molar-refractivity contribution in [1.29, 1.82) is 5.26 Å². The molecule has 0 unspecified atom stereocenters. The first-order valence-electron chi connectivity index (χ1n) is 11.6. The van der Waals surface area contributed by atoms with Gasteiger partial charge in [-0.2, -0.15) is 5.26 Å². The number of rotatable bonds is 6. The lowest BCUT2D eigenvalue weighted by Gasteiger charge is -2.25. The van der Waals surface area contributed by atoms with E-state index in [0.717, 1.165) is 40.1 Å². The summed E-state index contributed by atoms with van der Waals surface area (Å²) in [5, 5.41) is 17.8. The third kappa shape index (κ3) is 4.34. The van der Waals surface area contributed by atoms with E-state index in [1.54, 1.807) is 18.2 Å². The molecule has 1 aromatic heterocycles. The Morgan fingerprint density at radius 2 is 1.89 bits per heavy atom. The number of fused-ring (bicyclic) bond motifs is 3. The molecule has 0 saturated carbocycles. The van der Waals surface area contributed by atoms with Crippen LogP contribution in [0.3, 0.4) is 0 Å². The summed E-state index contributed by atoms with van der Waals surface area (Å²) < 4.78 is 16.6. The number of benzene rings is 3. The van der Waals surface area contributed by atoms with Crippen molar-refractivity contribution in [3.05, 3.63) is 88.7 Å². The van der Waals surface area contributed by atoms with Crippen LogP contribution in [0.1, 0.15) is 24.8 Å². The number of aryl methyl sites for hydroxylation is 1. The van der Waals surface area contributed by atoms with E-state index in [1.807, 2.05) is 30.3 Å². The number of anilines is 1. The predicted octanol–water partition coefficient (Wildman–Crippen LogP) is 5.66. The Balaban J connectivity index is 1.36. The van der Waals surface area contributed by atoms with Crippen molar-refractivity contribution in [3.8, 4) is 6.07 Å². The van der Waals surface area contributed by atoms with Crippen LogP contribution in [0.2, 0.25) is 0 Å². The first kappa shape index (κ1) is 23.6. The Morgan fingerprint density at radius 3 is 2.67 bits per heavy atom. The van der Waals surface area contributed by atoms with E-state index in [4.69, 9.17) is 0 Å². The Bertz CT molecular complexity index is 1580. The van der Waals surface area contributed by atoms with Gasteiger partial charge in [0.05, 0.1) is 22.4 Å². The van der Waals surface area contributed by atoms with Crippen molar-refractivity contribution in [2.24, 2.45) is 0 Å². The normalized spacial score (nSPS) is 15.7. The predicted molar refractivity (Wildman–Crippen MR) is 141 cm³/mol. The minimum absolute atomic E-state index is 0.0143. The molecule has 1 aliphatic rings. The number of nitrogens with one attached hydrogen (secondary N) is 2. The van der Waals surface area contributed by atoms with Crippen molar-refractivity contribution in [3.63, 3.8) is 0 Å². The zero-order valence-electron chi connectivity index (χ0n) is 19.5. The molecule has 5 rings (SSSR count). The van der Waals surface area contributed by atoms with Gasteiger partial charge >= 0.3 is 0 Å². The van der Waals surface area contributed by atoms with E-state index in [0.29, 0.717) is 16.3 Å². The smallest absolute Gasteiger partial charge is 0.234 e. The summed E-state index contributed by atoms with van der Waals surface area (Å²) in [6, 6.07) is 22.2. The summed E-state index contributed by atoms with van der Waals surface area (Å²) in [7, 11) is 0. The van der Waals surface area contributed by atoms with Crippen LogP contribution in [-0.4, -0.2) is 22.1 Å². The van der Waals surface area contributed by atoms with Gasteiger partial charge in [-0.1, -0.05) is 48.2 Å². The Morgan fingerprint density at radius 1 is 1.14 bits per heavy atom. The number of nitriles is 1. The Kier molecular flexibility index (Phi) is 6.49. The number of halogens is 1. The van der Waals surface area contributed by atoms with E-state index in [9.17, 15) is 19.2 Å². The van der Waals surface area contributed by atoms with Crippen LogP contribution in [-0.2, 0) is 16.1 Å². The van der Waals surface area contributed by atoms with Crippen molar-refractivity contribution in [2.45, 2.75) is 25.8 Å². The fourth-order valence-corrected chi connectivity index (χ4v) is 5.64. The van der Waals surface area contributed by atoms with Crippen LogP contribution < -0.4 is 10.6 Å². The highest BCUT2D eigenvalue weighted by molar-refractivity contribution is 8.03. The number of amides is 2. The number of nitrogens with zero attached hydrogens (tertiary/aromatic N) is 2. The summed E-state index contributed by atoms with van der Waals surface area (Å²) in [5.74, 6) is -1.76. The maximum atomic E-state index is 14.4. The van der Waals surface area contributed by atoms with Gasteiger partial charge in [0.15, 0.2) is 0 Å². The average Bonchev–Trinajstić information content (AvgIpc) is 3.20. The second kappa shape index (κ2) is 9.88. The first-order valence-corrected chi connectivity index (χ1v) is 12.6. The van der Waals surface area contributed by atoms with E-state index in [-0.39, 0.29) is 29.6 Å². The highest BCUT2D eigenvalue weighted by atomic mass is 32.2. The fourth-order valence-electron chi connectivity index (χ4n) is 4.76. The van der Waals surface area contributed by atoms with E-state index in [1.165, 1.54) is 6.07 Å². The molecule has 2 N–H and O–H groups in total. The summed E-state index contributed by atoms with van der Waals surface area (Å²) >= 11 is 1.07. The SMILES string of the molecule is CCn1c2ccccc2c2cc(NC(=O)CSC3=C(C#N)[C@@H](c4ccccc4F)CC(=O)N3)ccc21. The molecule has 36 heavy (non-hydrogen) atoms. The molecule has 180 valence electrons. The summed E-state index contributed by atoms with van der Waals surface area (Å²) in [4.78, 5) is 25.1. The maximum absolute atomic E-state index is 14.4. The summed E-state index contributed by atoms with van der Waals surface area (Å²) in [5.41, 5.74) is 3.46. The van der Waals surface area contributed by atoms with Gasteiger partial charge in [-0.15, -0.1) is 0 Å². The minimum Gasteiger partial charge on any atom is -0.341 e. The Labute approximate surface area is 211 Å². The number of carbonyl (C=O) groups excluding carboxylic acids is 2. The van der Waals surface area contributed by atoms with Gasteiger partial charge in [0, 0.05) is 46.4 Å². The standard InChI is InChI=1S/C28H23FN4O2S/c1-2-33-24-10-6-4-8-19(24)21-13-17(11-12-25(21)33)31-27(35)16-36-28-22(15-30)20(14-26(34)32-28)18-7-3-5-9-23(18)29/h3-13,20H,2,14,16H2,1H3,(H,31,35)(H,32,34)/t20-/m1/s1. The zero-order chi connectivity index (χ0) is 25.2. The quantitative estimate of drug-likeness (QED) is 0.359. The fraction of sp³-hybridized carbons (Fsp3) is 0.179. The zero-order valence-corrected chi connectivity index (χ0v) is 20.4. The molecule has 3 aromatic carbocycles. The van der Waals surface area contributed by atoms with Crippen LogP contribution >= 0.6 is 11.8 Å². The van der Waals surface area contributed by atoms with Gasteiger partial charge in [-0.3, -0.25) is 9.59 Å². The molecule has 6 nitrogen and oxygen atoms in total. The van der Waals surface area contributed by atoms with Crippen molar-refractivity contribution >= 4 is 51.1 Å². The molecule has 0 radical (unpaired) electrons. The molecule has 8 heteroatoms. The Hall–Kier alpha value is -4.09. The van der Waals surface area contributed by atoms with Gasteiger partial charge < -0.3 is 15.2 Å². The summed E-state index contributed by atoms with van der Waals surface area (Å²) in [6.45, 7) is 2.94. The van der Waals surface area contributed by atoms with Gasteiger partial charge in [0.1, 0.15) is 5.82 Å². The van der Waals surface area contributed by atoms with E-state index >= 15 is 0 Å². The largest absolute Gasteiger partial charge is 0.341 e. The van der Waals surface area contributed by atoms with Gasteiger partial charge in [-0.25, -0.2) is 4.39 Å². The molecule has 0 bridgehead atoms. The van der Waals surface area contributed by atoms with E-state index in [2.05, 4.69) is 40.3 Å². The maximum Gasteiger partial charge on any atom is 0.234 e. The number of carbonyl (C=O) groups is 2. The molecule has 0 spiro atoms. The monoisotopic (exact) mass is 498 g/mol. The third-order valence-corrected chi connectivity index (χ3v) is 7.37. The molecule has 1 atom stereocenters. The molecule has 0 fully saturated rings. The minimum atomic E-state index is -0.686. The lowest BCUT2D eigenvalue weighted by molar-refractivity contribution is -0.121. The lowest BCUT2D eigenvalue weighted by Crippen LogP contribution is -2.31. The average molecular weight is 499 g/mol. The second-order valence-corrected chi connectivity index (χ2v) is 9.50. The number of hydrogen-bond acceptors (Lipinski definition) is 4. The number of hydrogen-bond donors (Lipinski definition) is 2. The number of thioether (sulfide) groups is 1. The highest BCUT2D eigenvalue weighted by Gasteiger charge is 2.31. The molecule has 0 aliphatic carbocycles. The van der Waals surface area contributed by atoms with Crippen LogP contribution in [0.25, 0.3) is 21.8 Å². The molecular formula is C28H23FN4O2S.